The first-order chi connectivity index (χ1) is 15.6. The van der Waals surface area contributed by atoms with E-state index in [0.29, 0.717) is 31.0 Å². The van der Waals surface area contributed by atoms with Crippen LogP contribution in [0.2, 0.25) is 0 Å². The number of carbonyl (C=O) groups is 1. The Morgan fingerprint density at radius 2 is 1.91 bits per heavy atom. The molecule has 4 rings (SSSR count). The van der Waals surface area contributed by atoms with E-state index in [0.717, 1.165) is 15.7 Å². The molecule has 174 valence electrons. The lowest BCUT2D eigenvalue weighted by atomic mass is 10.1. The van der Waals surface area contributed by atoms with Gasteiger partial charge in [0.1, 0.15) is 17.0 Å². The molecule has 0 radical (unpaired) electrons. The van der Waals surface area contributed by atoms with Crippen molar-refractivity contribution in [3.8, 4) is 16.9 Å². The number of piperazine rings is 1. The molecule has 1 aliphatic heterocycles. The van der Waals surface area contributed by atoms with Crippen LogP contribution >= 0.6 is 15.9 Å². The van der Waals surface area contributed by atoms with Crippen molar-refractivity contribution < 1.29 is 13.9 Å². The molecular formula is C24H27BrFN5O2. The Balaban J connectivity index is 1.50. The summed E-state index contributed by atoms with van der Waals surface area (Å²) in [6, 6.07) is 8.88. The first-order valence-corrected chi connectivity index (χ1v) is 11.6. The minimum absolute atomic E-state index is 0.0219. The van der Waals surface area contributed by atoms with Crippen LogP contribution in [0.25, 0.3) is 16.9 Å². The number of aromatic nitrogens is 3. The van der Waals surface area contributed by atoms with Gasteiger partial charge in [-0.25, -0.2) is 13.9 Å². The van der Waals surface area contributed by atoms with Gasteiger partial charge in [-0.1, -0.05) is 0 Å². The van der Waals surface area contributed by atoms with E-state index in [4.69, 9.17) is 4.74 Å². The van der Waals surface area contributed by atoms with E-state index in [1.165, 1.54) is 10.7 Å². The molecule has 1 amide bonds. The van der Waals surface area contributed by atoms with Gasteiger partial charge >= 0.3 is 6.09 Å². The standard InChI is InChI=1S/C24H27BrFN5O2/c1-16-14-29(23(32)33-24(2,3)4)11-12-30(16)18-5-6-21(20(26)13-18)31-15-19(25)22(28-31)17-7-9-27-10-8-17/h5-10,13,15-16H,11-12,14H2,1-4H3/t16-/m1/s1. The van der Waals surface area contributed by atoms with Crippen LogP contribution < -0.4 is 4.90 Å². The molecule has 0 spiro atoms. The molecule has 2 aromatic heterocycles. The highest BCUT2D eigenvalue weighted by Crippen LogP contribution is 2.30. The molecule has 3 heterocycles. The molecular weight excluding hydrogens is 489 g/mol. The van der Waals surface area contributed by atoms with Crippen LogP contribution in [0.3, 0.4) is 0 Å². The number of carbonyl (C=O) groups excluding carboxylic acids is 1. The molecule has 0 unspecified atom stereocenters. The van der Waals surface area contributed by atoms with Gasteiger partial charge in [0.2, 0.25) is 0 Å². The molecule has 0 bridgehead atoms. The molecule has 0 aliphatic carbocycles. The zero-order chi connectivity index (χ0) is 23.8. The van der Waals surface area contributed by atoms with Gasteiger partial charge in [0, 0.05) is 55.5 Å². The number of amides is 1. The lowest BCUT2D eigenvalue weighted by Crippen LogP contribution is -2.54. The summed E-state index contributed by atoms with van der Waals surface area (Å²) in [6.45, 7) is 9.21. The van der Waals surface area contributed by atoms with Crippen molar-refractivity contribution in [2.24, 2.45) is 0 Å². The van der Waals surface area contributed by atoms with E-state index < -0.39 is 5.60 Å². The van der Waals surface area contributed by atoms with Gasteiger partial charge in [0.25, 0.3) is 0 Å². The predicted molar refractivity (Wildman–Crippen MR) is 129 cm³/mol. The molecule has 0 saturated carbocycles. The third-order valence-electron chi connectivity index (χ3n) is 5.41. The largest absolute Gasteiger partial charge is 0.444 e. The van der Waals surface area contributed by atoms with E-state index in [1.54, 1.807) is 29.6 Å². The fourth-order valence-electron chi connectivity index (χ4n) is 3.88. The Hall–Kier alpha value is -2.94. The lowest BCUT2D eigenvalue weighted by molar-refractivity contribution is 0.0218. The number of ether oxygens (including phenoxy) is 1. The third-order valence-corrected chi connectivity index (χ3v) is 5.99. The predicted octanol–water partition coefficient (Wildman–Crippen LogP) is 5.28. The van der Waals surface area contributed by atoms with Gasteiger partial charge in [-0.2, -0.15) is 5.10 Å². The monoisotopic (exact) mass is 515 g/mol. The molecule has 1 atom stereocenters. The molecule has 7 nitrogen and oxygen atoms in total. The summed E-state index contributed by atoms with van der Waals surface area (Å²) in [6.07, 6.45) is 4.82. The Morgan fingerprint density at radius 3 is 2.55 bits per heavy atom. The maximum atomic E-state index is 15.2. The number of hydrogen-bond donors (Lipinski definition) is 0. The molecule has 33 heavy (non-hydrogen) atoms. The van der Waals surface area contributed by atoms with Crippen molar-refractivity contribution in [3.05, 3.63) is 59.2 Å². The van der Waals surface area contributed by atoms with Gasteiger partial charge in [-0.05, 0) is 74.0 Å². The van der Waals surface area contributed by atoms with Crippen LogP contribution in [0, 0.1) is 5.82 Å². The van der Waals surface area contributed by atoms with Crippen molar-refractivity contribution in [2.45, 2.75) is 39.3 Å². The van der Waals surface area contributed by atoms with Crippen molar-refractivity contribution in [2.75, 3.05) is 24.5 Å². The van der Waals surface area contributed by atoms with Gasteiger partial charge in [-0.15, -0.1) is 0 Å². The Bertz CT molecular complexity index is 1150. The summed E-state index contributed by atoms with van der Waals surface area (Å²) >= 11 is 3.52. The number of hydrogen-bond acceptors (Lipinski definition) is 5. The summed E-state index contributed by atoms with van der Waals surface area (Å²) in [5, 5.41) is 4.56. The summed E-state index contributed by atoms with van der Waals surface area (Å²) in [4.78, 5) is 20.2. The van der Waals surface area contributed by atoms with Gasteiger partial charge in [0.15, 0.2) is 5.82 Å². The van der Waals surface area contributed by atoms with E-state index in [1.807, 2.05) is 45.9 Å². The van der Waals surface area contributed by atoms with Crippen LogP contribution in [-0.2, 0) is 4.74 Å². The van der Waals surface area contributed by atoms with Gasteiger partial charge in [0.05, 0.1) is 4.47 Å². The first-order valence-electron chi connectivity index (χ1n) is 10.8. The molecule has 1 aliphatic rings. The van der Waals surface area contributed by atoms with Crippen LogP contribution in [-0.4, -0.2) is 57.0 Å². The summed E-state index contributed by atoms with van der Waals surface area (Å²) < 4.78 is 22.9. The molecule has 1 aromatic carbocycles. The normalized spacial score (nSPS) is 16.7. The maximum Gasteiger partial charge on any atom is 0.410 e. The Morgan fingerprint density at radius 1 is 1.18 bits per heavy atom. The lowest BCUT2D eigenvalue weighted by Gasteiger charge is -2.41. The zero-order valence-corrected chi connectivity index (χ0v) is 20.7. The van der Waals surface area contributed by atoms with Gasteiger partial charge in [-0.3, -0.25) is 4.98 Å². The smallest absolute Gasteiger partial charge is 0.410 e. The molecule has 1 saturated heterocycles. The highest BCUT2D eigenvalue weighted by Gasteiger charge is 2.30. The Labute approximate surface area is 201 Å². The fourth-order valence-corrected chi connectivity index (χ4v) is 4.38. The highest BCUT2D eigenvalue weighted by molar-refractivity contribution is 9.10. The topological polar surface area (TPSA) is 63.5 Å². The van der Waals surface area contributed by atoms with Crippen LogP contribution in [0.15, 0.2) is 53.4 Å². The summed E-state index contributed by atoms with van der Waals surface area (Å²) in [5.41, 5.74) is 2.21. The number of anilines is 1. The summed E-state index contributed by atoms with van der Waals surface area (Å²) in [7, 11) is 0. The van der Waals surface area contributed by atoms with Crippen LogP contribution in [0.5, 0.6) is 0 Å². The molecule has 0 N–H and O–H groups in total. The van der Waals surface area contributed by atoms with Gasteiger partial charge < -0.3 is 14.5 Å². The fraction of sp³-hybridized carbons (Fsp3) is 0.375. The molecule has 3 aromatic rings. The average molecular weight is 516 g/mol. The van der Waals surface area contributed by atoms with Crippen molar-refractivity contribution in [3.63, 3.8) is 0 Å². The van der Waals surface area contributed by atoms with E-state index >= 15 is 4.39 Å². The minimum atomic E-state index is -0.533. The second-order valence-corrected chi connectivity index (χ2v) is 9.96. The quantitative estimate of drug-likeness (QED) is 0.474. The minimum Gasteiger partial charge on any atom is -0.444 e. The SMILES string of the molecule is C[C@@H]1CN(C(=O)OC(C)(C)C)CCN1c1ccc(-n2cc(Br)c(-c3ccncc3)n2)c(F)c1. The number of benzene rings is 1. The molecule has 1 fully saturated rings. The van der Waals surface area contributed by atoms with E-state index in [2.05, 4.69) is 30.9 Å². The Kier molecular flexibility index (Phi) is 6.43. The van der Waals surface area contributed by atoms with Crippen LogP contribution in [0.4, 0.5) is 14.9 Å². The van der Waals surface area contributed by atoms with Crippen molar-refractivity contribution in [1.29, 1.82) is 0 Å². The maximum absolute atomic E-state index is 15.2. The van der Waals surface area contributed by atoms with Crippen molar-refractivity contribution in [1.82, 2.24) is 19.7 Å². The second-order valence-electron chi connectivity index (χ2n) is 9.11. The van der Waals surface area contributed by atoms with Crippen LogP contribution in [0.1, 0.15) is 27.7 Å². The molecule has 9 heteroatoms. The number of pyridine rings is 1. The number of halogens is 2. The number of nitrogens with zero attached hydrogens (tertiary/aromatic N) is 5. The average Bonchev–Trinajstić information content (AvgIpc) is 3.14. The van der Waals surface area contributed by atoms with Crippen molar-refractivity contribution >= 4 is 27.7 Å². The van der Waals surface area contributed by atoms with E-state index in [-0.39, 0.29) is 18.0 Å². The zero-order valence-electron chi connectivity index (χ0n) is 19.1. The second kappa shape index (κ2) is 9.13. The first kappa shape index (κ1) is 23.2. The van der Waals surface area contributed by atoms with E-state index in [9.17, 15) is 4.79 Å². The third kappa shape index (κ3) is 5.19. The summed E-state index contributed by atoms with van der Waals surface area (Å²) in [5.74, 6) is -0.370. The highest BCUT2D eigenvalue weighted by atomic mass is 79.9. The number of rotatable bonds is 3.